The molecule has 0 aliphatic heterocycles. The average molecular weight is 228 g/mol. The van der Waals surface area contributed by atoms with Crippen molar-refractivity contribution in [2.45, 2.75) is 25.1 Å². The van der Waals surface area contributed by atoms with Crippen molar-refractivity contribution in [1.82, 2.24) is 0 Å². The molecule has 0 saturated heterocycles. The summed E-state index contributed by atoms with van der Waals surface area (Å²) in [7, 11) is 0. The fraction of sp³-hybridized carbons (Fsp3) is 0.333. The first kappa shape index (κ1) is 12.6. The quantitative estimate of drug-likeness (QED) is 0.771. The first-order valence-electron chi connectivity index (χ1n) is 4.71. The number of terminal acetylenes is 1. The van der Waals surface area contributed by atoms with Gasteiger partial charge in [0.05, 0.1) is 5.56 Å². The number of hydrogen-bond donors (Lipinski definition) is 1. The summed E-state index contributed by atoms with van der Waals surface area (Å²) in [6.07, 6.45) is 1.02. The molecule has 0 aliphatic rings. The number of benzene rings is 1. The molecule has 1 rings (SSSR count). The summed E-state index contributed by atoms with van der Waals surface area (Å²) in [5.74, 6) is 2.18. The van der Waals surface area contributed by atoms with Gasteiger partial charge in [-0.25, -0.2) is 0 Å². The smallest absolute Gasteiger partial charge is 0.373 e. The minimum atomic E-state index is -4.38. The SMILES string of the molecule is C#CC(O)(CC)c1ccc(C(F)(F)F)cc1. The van der Waals surface area contributed by atoms with E-state index in [0.717, 1.165) is 12.1 Å². The Morgan fingerprint density at radius 1 is 1.19 bits per heavy atom. The Balaban J connectivity index is 3.10. The van der Waals surface area contributed by atoms with Crippen LogP contribution in [0.3, 0.4) is 0 Å². The van der Waals surface area contributed by atoms with Crippen molar-refractivity contribution in [3.8, 4) is 12.3 Å². The zero-order valence-electron chi connectivity index (χ0n) is 8.67. The fourth-order valence-electron chi connectivity index (χ4n) is 1.32. The number of rotatable bonds is 2. The van der Waals surface area contributed by atoms with Crippen LogP contribution in [0.1, 0.15) is 24.5 Å². The van der Waals surface area contributed by atoms with Crippen LogP contribution in [0, 0.1) is 12.3 Å². The molecule has 0 radical (unpaired) electrons. The van der Waals surface area contributed by atoms with Gasteiger partial charge in [-0.1, -0.05) is 25.0 Å². The van der Waals surface area contributed by atoms with Gasteiger partial charge < -0.3 is 5.11 Å². The molecule has 1 nitrogen and oxygen atoms in total. The van der Waals surface area contributed by atoms with Crippen LogP contribution in [0.15, 0.2) is 24.3 Å². The molecule has 1 aromatic rings. The van der Waals surface area contributed by atoms with E-state index in [-0.39, 0.29) is 6.42 Å². The third-order valence-corrected chi connectivity index (χ3v) is 2.44. The van der Waals surface area contributed by atoms with Crippen molar-refractivity contribution in [2.75, 3.05) is 0 Å². The minimum absolute atomic E-state index is 0.245. The van der Waals surface area contributed by atoms with Crippen LogP contribution in [0.5, 0.6) is 0 Å². The van der Waals surface area contributed by atoms with Gasteiger partial charge >= 0.3 is 6.18 Å². The highest BCUT2D eigenvalue weighted by Crippen LogP contribution is 2.31. The molecule has 0 saturated carbocycles. The summed E-state index contributed by atoms with van der Waals surface area (Å²) in [6, 6.07) is 4.22. The van der Waals surface area contributed by atoms with Crippen molar-refractivity contribution >= 4 is 0 Å². The normalized spacial score (nSPS) is 15.2. The molecule has 0 aromatic heterocycles. The molecule has 1 atom stereocenters. The Kier molecular flexibility index (Phi) is 3.30. The maximum absolute atomic E-state index is 12.3. The summed E-state index contributed by atoms with van der Waals surface area (Å²) in [5, 5.41) is 9.88. The lowest BCUT2D eigenvalue weighted by atomic mass is 9.91. The molecule has 4 heteroatoms. The Hall–Kier alpha value is -1.47. The van der Waals surface area contributed by atoms with Gasteiger partial charge in [-0.05, 0) is 24.1 Å². The monoisotopic (exact) mass is 228 g/mol. The molecular formula is C12H11F3O. The molecule has 86 valence electrons. The van der Waals surface area contributed by atoms with E-state index in [2.05, 4.69) is 5.92 Å². The van der Waals surface area contributed by atoms with Crippen molar-refractivity contribution in [3.05, 3.63) is 35.4 Å². The average Bonchev–Trinajstić information content (AvgIpc) is 2.27. The van der Waals surface area contributed by atoms with Gasteiger partial charge in [-0.3, -0.25) is 0 Å². The van der Waals surface area contributed by atoms with Crippen LogP contribution in [0.2, 0.25) is 0 Å². The molecule has 1 N–H and O–H groups in total. The van der Waals surface area contributed by atoms with Crippen LogP contribution in [0.4, 0.5) is 13.2 Å². The number of hydrogen-bond acceptors (Lipinski definition) is 1. The van der Waals surface area contributed by atoms with E-state index in [1.807, 2.05) is 0 Å². The fourth-order valence-corrected chi connectivity index (χ4v) is 1.32. The summed E-state index contributed by atoms with van der Waals surface area (Å²) < 4.78 is 36.8. The lowest BCUT2D eigenvalue weighted by Gasteiger charge is -2.21. The Morgan fingerprint density at radius 2 is 1.62 bits per heavy atom. The highest BCUT2D eigenvalue weighted by Gasteiger charge is 2.31. The minimum Gasteiger partial charge on any atom is -0.373 e. The number of halogens is 3. The first-order valence-corrected chi connectivity index (χ1v) is 4.71. The van der Waals surface area contributed by atoms with Gasteiger partial charge in [0, 0.05) is 0 Å². The van der Waals surface area contributed by atoms with Gasteiger partial charge in [0.25, 0.3) is 0 Å². The molecule has 0 fully saturated rings. The topological polar surface area (TPSA) is 20.2 Å². The maximum atomic E-state index is 12.3. The third-order valence-electron chi connectivity index (χ3n) is 2.44. The zero-order valence-corrected chi connectivity index (χ0v) is 8.67. The van der Waals surface area contributed by atoms with Gasteiger partial charge in [0.1, 0.15) is 5.60 Å². The predicted molar refractivity (Wildman–Crippen MR) is 54.5 cm³/mol. The van der Waals surface area contributed by atoms with E-state index >= 15 is 0 Å². The largest absolute Gasteiger partial charge is 0.416 e. The molecule has 0 bridgehead atoms. The van der Waals surface area contributed by atoms with E-state index in [1.54, 1.807) is 6.92 Å². The van der Waals surface area contributed by atoms with Crippen LogP contribution >= 0.6 is 0 Å². The van der Waals surface area contributed by atoms with Gasteiger partial charge in [-0.15, -0.1) is 6.42 Å². The number of aliphatic hydroxyl groups is 1. The van der Waals surface area contributed by atoms with Crippen molar-refractivity contribution in [2.24, 2.45) is 0 Å². The summed E-state index contributed by atoms with van der Waals surface area (Å²) in [5.41, 5.74) is -1.96. The molecule has 16 heavy (non-hydrogen) atoms. The molecule has 0 heterocycles. The Labute approximate surface area is 91.9 Å². The van der Waals surface area contributed by atoms with Gasteiger partial charge in [0.2, 0.25) is 0 Å². The van der Waals surface area contributed by atoms with Gasteiger partial charge in [0.15, 0.2) is 0 Å². The molecule has 0 spiro atoms. The van der Waals surface area contributed by atoms with Crippen molar-refractivity contribution in [3.63, 3.8) is 0 Å². The van der Waals surface area contributed by atoms with E-state index in [4.69, 9.17) is 6.42 Å². The van der Waals surface area contributed by atoms with E-state index in [9.17, 15) is 18.3 Å². The summed E-state index contributed by atoms with van der Waals surface area (Å²) >= 11 is 0. The second-order valence-electron chi connectivity index (χ2n) is 3.43. The summed E-state index contributed by atoms with van der Waals surface area (Å²) in [6.45, 7) is 1.66. The van der Waals surface area contributed by atoms with E-state index < -0.39 is 17.3 Å². The number of alkyl halides is 3. The lowest BCUT2D eigenvalue weighted by Crippen LogP contribution is -2.22. The maximum Gasteiger partial charge on any atom is 0.416 e. The lowest BCUT2D eigenvalue weighted by molar-refractivity contribution is -0.137. The molecule has 1 aromatic carbocycles. The predicted octanol–water partition coefficient (Wildman–Crippen LogP) is 2.94. The van der Waals surface area contributed by atoms with Crippen LogP contribution in [0.25, 0.3) is 0 Å². The van der Waals surface area contributed by atoms with Crippen LogP contribution in [-0.4, -0.2) is 5.11 Å². The van der Waals surface area contributed by atoms with Crippen molar-refractivity contribution < 1.29 is 18.3 Å². The van der Waals surface area contributed by atoms with Crippen LogP contribution in [-0.2, 0) is 11.8 Å². The second-order valence-corrected chi connectivity index (χ2v) is 3.43. The Bertz CT molecular complexity index is 400. The first-order chi connectivity index (χ1) is 7.33. The van der Waals surface area contributed by atoms with Crippen LogP contribution < -0.4 is 0 Å². The summed E-state index contributed by atoms with van der Waals surface area (Å²) in [4.78, 5) is 0. The molecule has 0 amide bonds. The molecule has 0 aliphatic carbocycles. The molecular weight excluding hydrogens is 217 g/mol. The Morgan fingerprint density at radius 3 is 1.94 bits per heavy atom. The van der Waals surface area contributed by atoms with E-state index in [1.165, 1.54) is 12.1 Å². The van der Waals surface area contributed by atoms with Crippen molar-refractivity contribution in [1.29, 1.82) is 0 Å². The standard InChI is InChI=1S/C12H11F3O/c1-3-11(16,4-2)9-5-7-10(8-6-9)12(13,14)15/h1,5-8,16H,4H2,2H3. The van der Waals surface area contributed by atoms with Gasteiger partial charge in [-0.2, -0.15) is 13.2 Å². The highest BCUT2D eigenvalue weighted by molar-refractivity contribution is 5.33. The highest BCUT2D eigenvalue weighted by atomic mass is 19.4. The third kappa shape index (κ3) is 2.37. The second kappa shape index (κ2) is 4.18. The zero-order chi connectivity index (χ0) is 12.4. The molecule has 1 unspecified atom stereocenters. The van der Waals surface area contributed by atoms with E-state index in [0.29, 0.717) is 5.56 Å².